The van der Waals surface area contributed by atoms with Gasteiger partial charge in [0, 0.05) is 18.8 Å². The molecule has 1 aromatic heterocycles. The molecule has 3 aromatic carbocycles. The molecule has 176 valence electrons. The van der Waals surface area contributed by atoms with Crippen LogP contribution >= 0.6 is 11.6 Å². The summed E-state index contributed by atoms with van der Waals surface area (Å²) in [7, 11) is 0. The van der Waals surface area contributed by atoms with Crippen LogP contribution in [0, 0.1) is 0 Å². The summed E-state index contributed by atoms with van der Waals surface area (Å²) in [5, 5.41) is 3.22. The van der Waals surface area contributed by atoms with E-state index >= 15 is 0 Å². The van der Waals surface area contributed by atoms with Gasteiger partial charge in [-0.1, -0.05) is 60.1 Å². The van der Waals surface area contributed by atoms with Crippen molar-refractivity contribution in [3.63, 3.8) is 0 Å². The Labute approximate surface area is 207 Å². The van der Waals surface area contributed by atoms with Crippen molar-refractivity contribution < 1.29 is 14.3 Å². The molecule has 7 nitrogen and oxygen atoms in total. The zero-order valence-electron chi connectivity index (χ0n) is 18.8. The van der Waals surface area contributed by atoms with Crippen molar-refractivity contribution in [2.24, 2.45) is 5.73 Å². The predicted molar refractivity (Wildman–Crippen MR) is 136 cm³/mol. The number of carbonyl (C=O) groups is 2. The van der Waals surface area contributed by atoms with Gasteiger partial charge in [0.15, 0.2) is 0 Å². The Morgan fingerprint density at radius 3 is 2.14 bits per heavy atom. The Morgan fingerprint density at radius 1 is 0.857 bits per heavy atom. The zero-order valence-corrected chi connectivity index (χ0v) is 19.5. The van der Waals surface area contributed by atoms with Crippen LogP contribution in [0.2, 0.25) is 5.02 Å². The van der Waals surface area contributed by atoms with Gasteiger partial charge in [-0.25, -0.2) is 4.79 Å². The molecular formula is C27H23ClN4O3. The van der Waals surface area contributed by atoms with Crippen LogP contribution in [-0.4, -0.2) is 28.0 Å². The number of nitrogens with zero attached hydrogens (tertiary/aromatic N) is 2. The molecule has 3 N–H and O–H groups in total. The van der Waals surface area contributed by atoms with Crippen LogP contribution in [0.15, 0.2) is 84.9 Å². The van der Waals surface area contributed by atoms with Crippen molar-refractivity contribution in [3.05, 3.63) is 101 Å². The Balaban J connectivity index is 1.33. The van der Waals surface area contributed by atoms with Gasteiger partial charge in [0.2, 0.25) is 0 Å². The Morgan fingerprint density at radius 2 is 1.49 bits per heavy atom. The number of urea groups is 1. The van der Waals surface area contributed by atoms with E-state index < -0.39 is 5.91 Å². The largest absolute Gasteiger partial charge is 0.457 e. The Kier molecular flexibility index (Phi) is 6.16. The number of ether oxygens (including phenoxy) is 1. The van der Waals surface area contributed by atoms with Crippen LogP contribution in [0.3, 0.4) is 0 Å². The van der Waals surface area contributed by atoms with Crippen LogP contribution in [0.5, 0.6) is 11.5 Å². The molecule has 35 heavy (non-hydrogen) atoms. The molecule has 5 rings (SSSR count). The molecule has 0 radical (unpaired) electrons. The second-order valence-corrected chi connectivity index (χ2v) is 8.54. The highest BCUT2D eigenvalue weighted by Gasteiger charge is 2.31. The van der Waals surface area contributed by atoms with Gasteiger partial charge < -0.3 is 25.3 Å². The van der Waals surface area contributed by atoms with Crippen LogP contribution < -0.4 is 15.8 Å². The van der Waals surface area contributed by atoms with Crippen molar-refractivity contribution in [1.29, 1.82) is 0 Å². The van der Waals surface area contributed by atoms with Gasteiger partial charge in [-0.05, 0) is 42.0 Å². The fourth-order valence-electron chi connectivity index (χ4n) is 4.26. The lowest BCUT2D eigenvalue weighted by atomic mass is 10.1. The molecule has 0 spiro atoms. The number of nitrogens with one attached hydrogen (secondary N) is 1. The number of aromatic nitrogens is 1. The van der Waals surface area contributed by atoms with Crippen LogP contribution in [0.4, 0.5) is 10.5 Å². The number of rotatable bonds is 5. The molecule has 8 heteroatoms. The molecule has 1 aliphatic rings. The molecule has 0 atom stereocenters. The standard InChI is InChI=1S/C27H23ClN4O3/c28-24-23(26(29)33)22-17-31(15-16-32(22)25(24)18-7-3-1-4-8-18)27(34)30-19-11-13-21(14-12-19)35-20-9-5-2-6-10-20/h1-14H,15-17H2,(H2,29,33)(H,30,34). The van der Waals surface area contributed by atoms with Gasteiger partial charge in [0.25, 0.3) is 5.91 Å². The SMILES string of the molecule is NC(=O)c1c(Cl)c(-c2ccccc2)n2c1CN(C(=O)Nc1ccc(Oc3ccccc3)cc1)CC2. The first kappa shape index (κ1) is 22.6. The van der Waals surface area contributed by atoms with Gasteiger partial charge >= 0.3 is 6.03 Å². The summed E-state index contributed by atoms with van der Waals surface area (Å²) >= 11 is 6.63. The normalized spacial score (nSPS) is 12.7. The summed E-state index contributed by atoms with van der Waals surface area (Å²) in [6.07, 6.45) is 0. The number of nitrogens with two attached hydrogens (primary N) is 1. The summed E-state index contributed by atoms with van der Waals surface area (Å²) < 4.78 is 7.78. The lowest BCUT2D eigenvalue weighted by molar-refractivity contribution is 0.0997. The summed E-state index contributed by atoms with van der Waals surface area (Å²) in [4.78, 5) is 26.9. The van der Waals surface area contributed by atoms with Crippen molar-refractivity contribution in [2.75, 3.05) is 11.9 Å². The number of carbonyl (C=O) groups excluding carboxylic acids is 2. The van der Waals surface area contributed by atoms with Gasteiger partial charge in [-0.2, -0.15) is 0 Å². The molecule has 0 bridgehead atoms. The van der Waals surface area contributed by atoms with Gasteiger partial charge in [0.1, 0.15) is 11.5 Å². The molecule has 4 aromatic rings. The van der Waals surface area contributed by atoms with E-state index in [0.717, 1.165) is 17.0 Å². The van der Waals surface area contributed by atoms with Gasteiger partial charge in [-0.15, -0.1) is 0 Å². The number of primary amides is 1. The maximum atomic E-state index is 13.0. The summed E-state index contributed by atoms with van der Waals surface area (Å²) in [6, 6.07) is 25.9. The maximum absolute atomic E-state index is 13.0. The fraction of sp³-hybridized carbons (Fsp3) is 0.111. The van der Waals surface area contributed by atoms with Gasteiger partial charge in [-0.3, -0.25) is 4.79 Å². The molecule has 2 heterocycles. The first-order valence-corrected chi connectivity index (χ1v) is 11.5. The summed E-state index contributed by atoms with van der Waals surface area (Å²) in [5.74, 6) is 0.788. The van der Waals surface area contributed by atoms with Crippen LogP contribution in [0.1, 0.15) is 16.1 Å². The minimum atomic E-state index is -0.614. The van der Waals surface area contributed by atoms with Crippen molar-refractivity contribution in [3.8, 4) is 22.8 Å². The average Bonchev–Trinajstić information content (AvgIpc) is 3.17. The highest BCUT2D eigenvalue weighted by Crippen LogP contribution is 2.38. The first-order valence-electron chi connectivity index (χ1n) is 11.2. The Hall–Kier alpha value is -4.23. The van der Waals surface area contributed by atoms with Crippen LogP contribution in [-0.2, 0) is 13.1 Å². The minimum absolute atomic E-state index is 0.214. The minimum Gasteiger partial charge on any atom is -0.457 e. The number of hydrogen-bond acceptors (Lipinski definition) is 3. The molecule has 0 aliphatic carbocycles. The quantitative estimate of drug-likeness (QED) is 0.376. The molecule has 0 fully saturated rings. The highest BCUT2D eigenvalue weighted by molar-refractivity contribution is 6.36. The number of benzene rings is 3. The molecule has 1 aliphatic heterocycles. The summed E-state index contributed by atoms with van der Waals surface area (Å²) in [6.45, 7) is 1.16. The van der Waals surface area contributed by atoms with E-state index in [9.17, 15) is 9.59 Å². The molecule has 3 amide bonds. The van der Waals surface area contributed by atoms with E-state index in [1.165, 1.54) is 0 Å². The number of halogens is 1. The average molecular weight is 487 g/mol. The Bertz CT molecular complexity index is 1370. The van der Waals surface area contributed by atoms with Gasteiger partial charge in [0.05, 0.1) is 28.5 Å². The topological polar surface area (TPSA) is 89.6 Å². The zero-order chi connectivity index (χ0) is 24.4. The van der Waals surface area contributed by atoms with E-state index in [0.29, 0.717) is 35.2 Å². The lowest BCUT2D eigenvalue weighted by Crippen LogP contribution is -2.41. The molecule has 0 saturated heterocycles. The fourth-order valence-corrected chi connectivity index (χ4v) is 4.67. The van der Waals surface area contributed by atoms with E-state index in [1.807, 2.05) is 65.2 Å². The number of fused-ring (bicyclic) bond motifs is 1. The smallest absolute Gasteiger partial charge is 0.322 e. The predicted octanol–water partition coefficient (Wildman–Crippen LogP) is 5.75. The van der Waals surface area contributed by atoms with E-state index in [2.05, 4.69) is 5.32 Å². The first-order chi connectivity index (χ1) is 17.0. The molecule has 0 saturated carbocycles. The molecule has 0 unspecified atom stereocenters. The van der Waals surface area contributed by atoms with Crippen molar-refractivity contribution in [2.45, 2.75) is 13.1 Å². The lowest BCUT2D eigenvalue weighted by Gasteiger charge is -2.30. The number of anilines is 1. The third kappa shape index (κ3) is 4.58. The number of hydrogen-bond donors (Lipinski definition) is 2. The monoisotopic (exact) mass is 486 g/mol. The van der Waals surface area contributed by atoms with E-state index in [4.69, 9.17) is 22.1 Å². The third-order valence-electron chi connectivity index (χ3n) is 5.91. The van der Waals surface area contributed by atoms with Crippen LogP contribution in [0.25, 0.3) is 11.3 Å². The van der Waals surface area contributed by atoms with E-state index in [1.54, 1.807) is 29.2 Å². The second kappa shape index (κ2) is 9.56. The van der Waals surface area contributed by atoms with Crippen molar-refractivity contribution in [1.82, 2.24) is 9.47 Å². The molecular weight excluding hydrogens is 464 g/mol. The maximum Gasteiger partial charge on any atom is 0.322 e. The second-order valence-electron chi connectivity index (χ2n) is 8.16. The number of para-hydroxylation sites is 1. The van der Waals surface area contributed by atoms with Crippen molar-refractivity contribution >= 4 is 29.2 Å². The number of amides is 3. The highest BCUT2D eigenvalue weighted by atomic mass is 35.5. The summed E-state index contributed by atoms with van der Waals surface area (Å²) in [5.41, 5.74) is 8.83. The van der Waals surface area contributed by atoms with E-state index in [-0.39, 0.29) is 18.1 Å². The third-order valence-corrected chi connectivity index (χ3v) is 6.28.